The van der Waals surface area contributed by atoms with Crippen LogP contribution in [0.4, 0.5) is 14.5 Å². The van der Waals surface area contributed by atoms with Crippen LogP contribution in [0.3, 0.4) is 0 Å². The number of benzene rings is 1. The van der Waals surface area contributed by atoms with Crippen LogP contribution in [0.1, 0.15) is 53.5 Å². The van der Waals surface area contributed by atoms with Crippen molar-refractivity contribution in [3.8, 4) is 0 Å². The summed E-state index contributed by atoms with van der Waals surface area (Å²) < 4.78 is 28.7. The molecule has 0 radical (unpaired) electrons. The number of halogens is 2. The fraction of sp³-hybridized carbons (Fsp3) is 0.310. The lowest BCUT2D eigenvalue weighted by molar-refractivity contribution is -0.111. The van der Waals surface area contributed by atoms with Gasteiger partial charge in [0.25, 0.3) is 0 Å². The van der Waals surface area contributed by atoms with Gasteiger partial charge in [-0.05, 0) is 67.9 Å². The zero-order valence-corrected chi connectivity index (χ0v) is 21.0. The van der Waals surface area contributed by atoms with Crippen LogP contribution in [-0.2, 0) is 4.79 Å². The third-order valence-corrected chi connectivity index (χ3v) is 6.30. The molecule has 0 bridgehead atoms. The van der Waals surface area contributed by atoms with E-state index < -0.39 is 17.5 Å². The normalized spacial score (nSPS) is 19.1. The second-order valence-electron chi connectivity index (χ2n) is 9.68. The van der Waals surface area contributed by atoms with Crippen LogP contribution in [-0.4, -0.2) is 15.5 Å². The Bertz CT molecular complexity index is 1190. The van der Waals surface area contributed by atoms with Gasteiger partial charge >= 0.3 is 0 Å². The molecule has 1 aromatic heterocycles. The summed E-state index contributed by atoms with van der Waals surface area (Å²) in [5, 5.41) is 2.47. The SMILES string of the molecule is CC(C=CC1=C(C)C(n2ccnc2)CCC1(C)C)=CC=CC(C)=CC(=O)Nc1cc(F)cc(F)c1. The van der Waals surface area contributed by atoms with Gasteiger partial charge in [0.1, 0.15) is 11.6 Å². The van der Waals surface area contributed by atoms with Gasteiger partial charge in [-0.15, -0.1) is 0 Å². The summed E-state index contributed by atoms with van der Waals surface area (Å²) in [6, 6.07) is 3.23. The van der Waals surface area contributed by atoms with Crippen molar-refractivity contribution >= 4 is 11.6 Å². The summed E-state index contributed by atoms with van der Waals surface area (Å²) in [6.45, 7) is 10.6. The van der Waals surface area contributed by atoms with Crippen molar-refractivity contribution < 1.29 is 13.6 Å². The van der Waals surface area contributed by atoms with Gasteiger partial charge in [-0.2, -0.15) is 0 Å². The summed E-state index contributed by atoms with van der Waals surface area (Å²) in [5.74, 6) is -1.93. The first-order valence-corrected chi connectivity index (χ1v) is 11.7. The van der Waals surface area contributed by atoms with Crippen molar-refractivity contribution in [1.29, 1.82) is 0 Å². The number of imidazole rings is 1. The number of nitrogens with one attached hydrogen (secondary N) is 1. The van der Waals surface area contributed by atoms with Gasteiger partial charge < -0.3 is 9.88 Å². The maximum absolute atomic E-state index is 13.3. The Morgan fingerprint density at radius 2 is 1.86 bits per heavy atom. The van der Waals surface area contributed by atoms with Crippen LogP contribution in [0, 0.1) is 17.0 Å². The molecular weight excluding hydrogens is 444 g/mol. The summed E-state index contributed by atoms with van der Waals surface area (Å²) in [6.07, 6.45) is 19.3. The topological polar surface area (TPSA) is 46.9 Å². The molecule has 0 fully saturated rings. The smallest absolute Gasteiger partial charge is 0.248 e. The minimum absolute atomic E-state index is 0.0759. The van der Waals surface area contributed by atoms with Crippen LogP contribution in [0.25, 0.3) is 0 Å². The molecule has 2 aromatic rings. The maximum Gasteiger partial charge on any atom is 0.248 e. The van der Waals surface area contributed by atoms with Gasteiger partial charge in [0.2, 0.25) is 5.91 Å². The second kappa shape index (κ2) is 11.3. The number of allylic oxidation sites excluding steroid dienone is 9. The molecule has 1 aliphatic carbocycles. The summed E-state index contributed by atoms with van der Waals surface area (Å²) >= 11 is 0. The Kier molecular flexibility index (Phi) is 8.39. The number of hydrogen-bond acceptors (Lipinski definition) is 2. The lowest BCUT2D eigenvalue weighted by Gasteiger charge is -2.37. The van der Waals surface area contributed by atoms with Gasteiger partial charge in [0.05, 0.1) is 12.4 Å². The highest BCUT2D eigenvalue weighted by atomic mass is 19.1. The first-order valence-electron chi connectivity index (χ1n) is 11.7. The number of aromatic nitrogens is 2. The number of nitrogens with zero attached hydrogens (tertiary/aromatic N) is 2. The number of amides is 1. The Labute approximate surface area is 206 Å². The highest BCUT2D eigenvalue weighted by Crippen LogP contribution is 2.45. The van der Waals surface area contributed by atoms with Crippen LogP contribution in [0.2, 0.25) is 0 Å². The average Bonchev–Trinajstić information content (AvgIpc) is 3.26. The first kappa shape index (κ1) is 26.1. The molecule has 1 aliphatic rings. The van der Waals surface area contributed by atoms with Crippen molar-refractivity contribution in [3.05, 3.63) is 107 Å². The van der Waals surface area contributed by atoms with Gasteiger partial charge in [-0.1, -0.05) is 49.8 Å². The van der Waals surface area contributed by atoms with E-state index in [0.717, 1.165) is 36.6 Å². The van der Waals surface area contributed by atoms with Crippen LogP contribution in [0.15, 0.2) is 95.7 Å². The van der Waals surface area contributed by atoms with Crippen molar-refractivity contribution in [2.45, 2.75) is 53.5 Å². The number of rotatable bonds is 7. The minimum atomic E-state index is -0.741. The molecule has 1 atom stereocenters. The lowest BCUT2D eigenvalue weighted by atomic mass is 9.71. The van der Waals surface area contributed by atoms with Crippen molar-refractivity contribution in [2.75, 3.05) is 5.32 Å². The first-order chi connectivity index (χ1) is 16.5. The fourth-order valence-electron chi connectivity index (χ4n) is 4.43. The lowest BCUT2D eigenvalue weighted by Crippen LogP contribution is -2.25. The largest absolute Gasteiger partial charge is 0.330 e. The van der Waals surface area contributed by atoms with Crippen molar-refractivity contribution in [2.24, 2.45) is 5.41 Å². The number of anilines is 1. The van der Waals surface area contributed by atoms with Crippen molar-refractivity contribution in [3.63, 3.8) is 0 Å². The molecule has 4 nitrogen and oxygen atoms in total. The summed E-state index contributed by atoms with van der Waals surface area (Å²) in [7, 11) is 0. The quantitative estimate of drug-likeness (QED) is 0.332. The average molecular weight is 478 g/mol. The third kappa shape index (κ3) is 7.22. The van der Waals surface area contributed by atoms with E-state index in [-0.39, 0.29) is 11.1 Å². The number of hydrogen-bond donors (Lipinski definition) is 1. The molecule has 1 amide bonds. The highest BCUT2D eigenvalue weighted by Gasteiger charge is 2.32. The molecule has 0 saturated carbocycles. The van der Waals surface area contributed by atoms with E-state index in [1.807, 2.05) is 43.9 Å². The fourth-order valence-corrected chi connectivity index (χ4v) is 4.43. The van der Waals surface area contributed by atoms with Gasteiger partial charge in [-0.25, -0.2) is 13.8 Å². The van der Waals surface area contributed by atoms with E-state index in [9.17, 15) is 13.6 Å². The van der Waals surface area contributed by atoms with Crippen LogP contribution in [0.5, 0.6) is 0 Å². The Balaban J connectivity index is 1.66. The zero-order chi connectivity index (χ0) is 25.6. The molecule has 184 valence electrons. The highest BCUT2D eigenvalue weighted by molar-refractivity contribution is 5.99. The summed E-state index contributed by atoms with van der Waals surface area (Å²) in [5.41, 5.74) is 4.68. The third-order valence-electron chi connectivity index (χ3n) is 6.30. The molecule has 0 aliphatic heterocycles. The molecule has 1 aromatic carbocycles. The Morgan fingerprint density at radius 1 is 1.14 bits per heavy atom. The van der Waals surface area contributed by atoms with E-state index in [4.69, 9.17) is 0 Å². The number of carbonyl (C=O) groups is 1. The molecule has 1 heterocycles. The van der Waals surface area contributed by atoms with Gasteiger partial charge in [-0.3, -0.25) is 4.79 Å². The Hall–Kier alpha value is -3.54. The standard InChI is InChI=1S/C29H33F2N3O/c1-20(7-6-8-21(2)15-28(35)33-25-17-23(30)16-24(31)18-25)9-10-26-22(3)27(11-12-29(26,4)5)34-14-13-32-19-34/h6-10,13-19,27H,11-12H2,1-5H3,(H,33,35). The second-order valence-corrected chi connectivity index (χ2v) is 9.68. The van der Waals surface area contributed by atoms with Gasteiger partial charge in [0.15, 0.2) is 0 Å². The molecule has 1 unspecified atom stereocenters. The van der Waals surface area contributed by atoms with Crippen LogP contribution >= 0.6 is 0 Å². The molecule has 3 rings (SSSR count). The molecule has 6 heteroatoms. The summed E-state index contributed by atoms with van der Waals surface area (Å²) in [4.78, 5) is 16.3. The molecule has 35 heavy (non-hydrogen) atoms. The monoisotopic (exact) mass is 477 g/mol. The van der Waals surface area contributed by atoms with E-state index in [0.29, 0.717) is 11.6 Å². The Morgan fingerprint density at radius 3 is 2.51 bits per heavy atom. The predicted molar refractivity (Wildman–Crippen MR) is 138 cm³/mol. The molecule has 0 saturated heterocycles. The van der Waals surface area contributed by atoms with Crippen molar-refractivity contribution in [1.82, 2.24) is 9.55 Å². The zero-order valence-electron chi connectivity index (χ0n) is 21.0. The minimum Gasteiger partial charge on any atom is -0.330 e. The van der Waals surface area contributed by atoms with E-state index in [1.165, 1.54) is 17.2 Å². The molecule has 1 N–H and O–H groups in total. The van der Waals surface area contributed by atoms with E-state index in [1.54, 1.807) is 6.92 Å². The predicted octanol–water partition coefficient (Wildman–Crippen LogP) is 7.48. The maximum atomic E-state index is 13.3. The molecule has 0 spiro atoms. The van der Waals surface area contributed by atoms with E-state index >= 15 is 0 Å². The molecular formula is C29H33F2N3O. The van der Waals surface area contributed by atoms with Gasteiger partial charge in [0, 0.05) is 30.2 Å². The number of carbonyl (C=O) groups excluding carboxylic acids is 1. The van der Waals surface area contributed by atoms with Crippen LogP contribution < -0.4 is 5.32 Å². The van der Waals surface area contributed by atoms with E-state index in [2.05, 4.69) is 47.8 Å².